The highest BCUT2D eigenvalue weighted by Gasteiger charge is 2.39. The molecule has 336 valence electrons. The number of aliphatic hydroxyl groups is 1. The number of allylic oxidation sites excluding steroid dienone is 1. The highest BCUT2D eigenvalue weighted by Crippen LogP contribution is 2.25. The Hall–Kier alpha value is -4.27. The van der Waals surface area contributed by atoms with Gasteiger partial charge in [0.05, 0.1) is 12.6 Å². The fraction of sp³-hybridized carbons (Fsp3) is 0.750. The highest BCUT2D eigenvalue weighted by atomic mass is 16.6. The lowest BCUT2D eigenvalue weighted by Crippen LogP contribution is -2.59. The molecule has 0 spiro atoms. The van der Waals surface area contributed by atoms with Gasteiger partial charge in [-0.2, -0.15) is 0 Å². The molecule has 0 saturated carbocycles. The van der Waals surface area contributed by atoms with E-state index in [-0.39, 0.29) is 24.3 Å². The number of hydrogen-bond acceptors (Lipinski definition) is 10. The number of rotatable bonds is 8. The Labute approximate surface area is 353 Å². The monoisotopic (exact) mass is 834 g/mol. The minimum atomic E-state index is -1.26. The molecule has 0 unspecified atom stereocenters. The van der Waals surface area contributed by atoms with Gasteiger partial charge in [-0.05, 0) is 69.8 Å². The van der Waals surface area contributed by atoms with Crippen LogP contribution in [-0.2, 0) is 43.0 Å². The standard InChI is InChI=1S/C44H75N5O10/c1-17-19-28(10)37-30(12)33(50)21-20-29(11)43(56)59-38(27(9)18-2)39(52)46-36(26(7)8)42(55)49(16)32(22-24(3)4)40(53)47(14)23-34(51)45-35(25(5)6)41(54)48(15)31(13)44(57)58-37/h19-20,24-27,30-33,35-38,50H,17-18,21-23H2,1-16H3,(H,45,51)(H,46,52)/b28-19-,29-20-/t27-,30-,31-,32+,33-,35-,36-,37+,38+/m0/s1. The lowest BCUT2D eigenvalue weighted by Gasteiger charge is -2.36. The third kappa shape index (κ3) is 15.1. The lowest BCUT2D eigenvalue weighted by atomic mass is 9.90. The van der Waals surface area contributed by atoms with E-state index < -0.39 is 114 Å². The van der Waals surface area contributed by atoms with E-state index in [4.69, 9.17) is 9.47 Å². The van der Waals surface area contributed by atoms with Gasteiger partial charge in [0.15, 0.2) is 6.10 Å². The first-order chi connectivity index (χ1) is 27.3. The van der Waals surface area contributed by atoms with Crippen LogP contribution in [0.25, 0.3) is 0 Å². The zero-order valence-electron chi connectivity index (χ0n) is 38.6. The number of carbonyl (C=O) groups excluding carboxylic acids is 7. The van der Waals surface area contributed by atoms with E-state index >= 15 is 0 Å². The zero-order valence-corrected chi connectivity index (χ0v) is 38.6. The summed E-state index contributed by atoms with van der Waals surface area (Å²) in [5, 5.41) is 16.9. The summed E-state index contributed by atoms with van der Waals surface area (Å²) >= 11 is 0. The fourth-order valence-electron chi connectivity index (χ4n) is 6.77. The maximum atomic E-state index is 14.2. The Balaban J connectivity index is 3.87. The maximum Gasteiger partial charge on any atom is 0.334 e. The third-order valence-electron chi connectivity index (χ3n) is 11.2. The zero-order chi connectivity index (χ0) is 45.6. The van der Waals surface area contributed by atoms with E-state index in [0.717, 1.165) is 0 Å². The number of hydrogen-bond donors (Lipinski definition) is 3. The Morgan fingerprint density at radius 2 is 1.39 bits per heavy atom. The van der Waals surface area contributed by atoms with Crippen LogP contribution >= 0.6 is 0 Å². The number of amides is 5. The lowest BCUT2D eigenvalue weighted by molar-refractivity contribution is -0.160. The predicted molar refractivity (Wildman–Crippen MR) is 226 cm³/mol. The number of nitrogens with one attached hydrogen (secondary N) is 2. The second kappa shape index (κ2) is 24.1. The third-order valence-corrected chi connectivity index (χ3v) is 11.2. The van der Waals surface area contributed by atoms with Crippen LogP contribution in [-0.4, -0.2) is 131 Å². The van der Waals surface area contributed by atoms with Crippen LogP contribution < -0.4 is 10.6 Å². The summed E-state index contributed by atoms with van der Waals surface area (Å²) in [6.07, 6.45) is 1.49. The summed E-state index contributed by atoms with van der Waals surface area (Å²) in [5.41, 5.74) is 0.833. The Kier molecular flexibility index (Phi) is 21.5. The molecule has 0 aromatic carbocycles. The average molecular weight is 834 g/mol. The normalized spacial score (nSPS) is 29.3. The molecule has 3 N–H and O–H groups in total. The molecule has 0 aromatic heterocycles. The van der Waals surface area contributed by atoms with Gasteiger partial charge in [-0.15, -0.1) is 0 Å². The van der Waals surface area contributed by atoms with Crippen LogP contribution in [0.5, 0.6) is 0 Å². The van der Waals surface area contributed by atoms with Gasteiger partial charge in [0, 0.05) is 38.6 Å². The SMILES string of the molecule is CC/C=C(/C)[C@H]1OC(=O)[C@H](C)N(C)C(=O)[C@H](C(C)C)NC(=O)CN(C)C(=O)[C@@H](CC(C)C)N(C)C(=O)[C@H](C(C)C)NC(=O)[C@@H]([C@@H](C)CC)OC(=O)/C(C)=C\C[C@H](O)[C@@H]1C. The summed E-state index contributed by atoms with van der Waals surface area (Å²) < 4.78 is 11.8. The first-order valence-corrected chi connectivity index (χ1v) is 21.1. The van der Waals surface area contributed by atoms with E-state index in [0.29, 0.717) is 18.4 Å². The molecule has 9 atom stereocenters. The fourth-order valence-corrected chi connectivity index (χ4v) is 6.77. The smallest absolute Gasteiger partial charge is 0.334 e. The van der Waals surface area contributed by atoms with Crippen molar-refractivity contribution in [2.24, 2.45) is 29.6 Å². The van der Waals surface area contributed by atoms with Crippen LogP contribution in [0, 0.1) is 29.6 Å². The first-order valence-electron chi connectivity index (χ1n) is 21.1. The van der Waals surface area contributed by atoms with Crippen molar-refractivity contribution in [3.05, 3.63) is 23.3 Å². The highest BCUT2D eigenvalue weighted by molar-refractivity contribution is 5.96. The van der Waals surface area contributed by atoms with E-state index in [1.807, 2.05) is 33.8 Å². The van der Waals surface area contributed by atoms with Crippen molar-refractivity contribution in [2.75, 3.05) is 27.7 Å². The van der Waals surface area contributed by atoms with Gasteiger partial charge in [0.25, 0.3) is 5.91 Å². The van der Waals surface area contributed by atoms with Crippen molar-refractivity contribution >= 4 is 41.5 Å². The molecule has 1 heterocycles. The molecule has 15 heteroatoms. The summed E-state index contributed by atoms with van der Waals surface area (Å²) in [6.45, 7) is 22.4. The maximum absolute atomic E-state index is 14.2. The van der Waals surface area contributed by atoms with Crippen molar-refractivity contribution in [2.45, 2.75) is 158 Å². The van der Waals surface area contributed by atoms with Gasteiger partial charge < -0.3 is 39.9 Å². The van der Waals surface area contributed by atoms with E-state index in [2.05, 4.69) is 10.6 Å². The second-order valence-electron chi connectivity index (χ2n) is 17.4. The summed E-state index contributed by atoms with van der Waals surface area (Å²) in [5.74, 6) is -6.38. The topological polar surface area (TPSA) is 192 Å². The Bertz CT molecular complexity index is 1540. The molecule has 0 saturated heterocycles. The van der Waals surface area contributed by atoms with Crippen molar-refractivity contribution in [1.29, 1.82) is 0 Å². The molecule has 15 nitrogen and oxygen atoms in total. The first kappa shape index (κ1) is 52.7. The quantitative estimate of drug-likeness (QED) is 0.238. The number of aliphatic hydroxyl groups excluding tert-OH is 1. The van der Waals surface area contributed by atoms with Gasteiger partial charge in [-0.1, -0.05) is 81.4 Å². The van der Waals surface area contributed by atoms with E-state index in [9.17, 15) is 38.7 Å². The molecule has 0 fully saturated rings. The van der Waals surface area contributed by atoms with Crippen molar-refractivity contribution in [3.63, 3.8) is 0 Å². The predicted octanol–water partition coefficient (Wildman–Crippen LogP) is 4.02. The van der Waals surface area contributed by atoms with E-state index in [1.165, 1.54) is 55.8 Å². The molecule has 59 heavy (non-hydrogen) atoms. The Morgan fingerprint density at radius 3 is 1.90 bits per heavy atom. The molecule has 0 radical (unpaired) electrons. The number of nitrogens with zero attached hydrogens (tertiary/aromatic N) is 3. The van der Waals surface area contributed by atoms with Gasteiger partial charge in [0.2, 0.25) is 23.6 Å². The average Bonchev–Trinajstić information content (AvgIpc) is 3.17. The van der Waals surface area contributed by atoms with Gasteiger partial charge in [0.1, 0.15) is 30.3 Å². The molecule has 1 rings (SSSR count). The number of ether oxygens (including phenoxy) is 2. The molecule has 0 aromatic rings. The number of likely N-dealkylation sites (N-methyl/N-ethyl adjacent to an activating group) is 3. The molecule has 0 bridgehead atoms. The molecule has 5 amide bonds. The molecule has 1 aliphatic rings. The number of esters is 2. The second-order valence-corrected chi connectivity index (χ2v) is 17.4. The number of carbonyl (C=O) groups is 7. The largest absolute Gasteiger partial charge is 0.456 e. The molecular formula is C44H75N5O10. The molecule has 1 aliphatic heterocycles. The molecule has 0 aliphatic carbocycles. The van der Waals surface area contributed by atoms with Crippen LogP contribution in [0.15, 0.2) is 23.3 Å². The van der Waals surface area contributed by atoms with Crippen LogP contribution in [0.2, 0.25) is 0 Å². The van der Waals surface area contributed by atoms with Crippen LogP contribution in [0.4, 0.5) is 0 Å². The summed E-state index contributed by atoms with van der Waals surface area (Å²) in [4.78, 5) is 100. The minimum absolute atomic E-state index is 0.0127. The van der Waals surface area contributed by atoms with E-state index in [1.54, 1.807) is 48.5 Å². The van der Waals surface area contributed by atoms with Crippen molar-refractivity contribution < 1.29 is 48.1 Å². The molecular weight excluding hydrogens is 759 g/mol. The number of cyclic esters (lactones) is 2. The van der Waals surface area contributed by atoms with Crippen LogP contribution in [0.1, 0.15) is 116 Å². The van der Waals surface area contributed by atoms with Crippen LogP contribution in [0.3, 0.4) is 0 Å². The summed E-state index contributed by atoms with van der Waals surface area (Å²) in [6, 6.07) is -4.25. The van der Waals surface area contributed by atoms with Crippen molar-refractivity contribution in [1.82, 2.24) is 25.3 Å². The summed E-state index contributed by atoms with van der Waals surface area (Å²) in [7, 11) is 4.36. The minimum Gasteiger partial charge on any atom is -0.456 e. The van der Waals surface area contributed by atoms with Gasteiger partial charge >= 0.3 is 11.9 Å². The van der Waals surface area contributed by atoms with Crippen molar-refractivity contribution in [3.8, 4) is 0 Å². The van der Waals surface area contributed by atoms with Gasteiger partial charge in [-0.3, -0.25) is 24.0 Å². The Morgan fingerprint density at radius 1 is 0.847 bits per heavy atom. The van der Waals surface area contributed by atoms with Gasteiger partial charge in [-0.25, -0.2) is 9.59 Å².